The largest absolute Gasteiger partial charge is 0.478 e. The Morgan fingerprint density at radius 3 is 2.68 bits per heavy atom. The predicted molar refractivity (Wildman–Crippen MR) is 93.1 cm³/mol. The number of carboxylic acid groups (broad SMARTS) is 1. The van der Waals surface area contributed by atoms with Crippen LogP contribution in [0.25, 0.3) is 11.3 Å². The number of hydrogen-bond donors (Lipinski definition) is 1. The number of aryl methyl sites for hydroxylation is 1. The Bertz CT molecular complexity index is 819. The van der Waals surface area contributed by atoms with Gasteiger partial charge in [0.1, 0.15) is 0 Å². The van der Waals surface area contributed by atoms with Crippen LogP contribution in [0.15, 0.2) is 30.3 Å². The first kappa shape index (κ1) is 17.1. The molecule has 1 unspecified atom stereocenters. The number of nitrogens with zero attached hydrogens (tertiary/aromatic N) is 3. The van der Waals surface area contributed by atoms with Gasteiger partial charge in [-0.25, -0.2) is 14.8 Å². The summed E-state index contributed by atoms with van der Waals surface area (Å²) >= 11 is 0. The molecule has 25 heavy (non-hydrogen) atoms. The highest BCUT2D eigenvalue weighted by Crippen LogP contribution is 2.31. The van der Waals surface area contributed by atoms with Crippen molar-refractivity contribution in [1.29, 1.82) is 0 Å². The van der Waals surface area contributed by atoms with Gasteiger partial charge in [-0.05, 0) is 38.3 Å². The maximum atomic E-state index is 12.0. The number of aromatic carboxylic acids is 1. The normalized spacial score (nSPS) is 17.4. The first-order valence-electron chi connectivity index (χ1n) is 8.43. The van der Waals surface area contributed by atoms with Crippen LogP contribution in [-0.2, 0) is 4.79 Å². The number of piperidine rings is 1. The smallest absolute Gasteiger partial charge is 0.336 e. The van der Waals surface area contributed by atoms with Gasteiger partial charge in [-0.1, -0.05) is 18.2 Å². The van der Waals surface area contributed by atoms with E-state index < -0.39 is 5.97 Å². The molecule has 1 aliphatic rings. The van der Waals surface area contributed by atoms with Crippen LogP contribution in [0.5, 0.6) is 0 Å². The van der Waals surface area contributed by atoms with Crippen LogP contribution in [0, 0.1) is 6.92 Å². The zero-order chi connectivity index (χ0) is 18.0. The van der Waals surface area contributed by atoms with Crippen LogP contribution in [0.3, 0.4) is 0 Å². The summed E-state index contributed by atoms with van der Waals surface area (Å²) in [5, 5.41) is 9.43. The number of aromatic nitrogens is 2. The maximum absolute atomic E-state index is 12.0. The Hall–Kier alpha value is -2.76. The van der Waals surface area contributed by atoms with Crippen molar-refractivity contribution in [2.75, 3.05) is 6.54 Å². The first-order chi connectivity index (χ1) is 12.0. The molecule has 0 aliphatic carbocycles. The quantitative estimate of drug-likeness (QED) is 0.928. The molecule has 1 aromatic carbocycles. The van der Waals surface area contributed by atoms with E-state index in [2.05, 4.69) is 9.97 Å². The van der Waals surface area contributed by atoms with Gasteiger partial charge < -0.3 is 10.0 Å². The van der Waals surface area contributed by atoms with Gasteiger partial charge >= 0.3 is 5.97 Å². The van der Waals surface area contributed by atoms with Gasteiger partial charge in [0.2, 0.25) is 5.91 Å². The van der Waals surface area contributed by atoms with Gasteiger partial charge in [-0.2, -0.15) is 0 Å². The standard InChI is InChI=1S/C19H21N3O3/c1-12-11-16(14-7-3-4-8-15(14)19(24)25)21-18(20-12)17-9-5-6-10-22(17)13(2)23/h3-4,7-8,11,17H,5-6,9-10H2,1-2H3,(H,24,25). The maximum Gasteiger partial charge on any atom is 0.336 e. The molecule has 0 bridgehead atoms. The third-order valence-electron chi connectivity index (χ3n) is 4.51. The summed E-state index contributed by atoms with van der Waals surface area (Å²) in [6.07, 6.45) is 2.83. The van der Waals surface area contributed by atoms with Crippen LogP contribution in [0.2, 0.25) is 0 Å². The first-order valence-corrected chi connectivity index (χ1v) is 8.43. The van der Waals surface area contributed by atoms with Crippen LogP contribution in [0.4, 0.5) is 0 Å². The van der Waals surface area contributed by atoms with E-state index in [4.69, 9.17) is 0 Å². The van der Waals surface area contributed by atoms with Crippen molar-refractivity contribution in [2.45, 2.75) is 39.2 Å². The minimum Gasteiger partial charge on any atom is -0.478 e. The Morgan fingerprint density at radius 1 is 1.20 bits per heavy atom. The van der Waals surface area contributed by atoms with E-state index in [1.165, 1.54) is 0 Å². The van der Waals surface area contributed by atoms with Gasteiger partial charge in [0.25, 0.3) is 0 Å². The highest BCUT2D eigenvalue weighted by atomic mass is 16.4. The van der Waals surface area contributed by atoms with E-state index in [0.29, 0.717) is 23.6 Å². The van der Waals surface area contributed by atoms with Crippen LogP contribution >= 0.6 is 0 Å². The summed E-state index contributed by atoms with van der Waals surface area (Å²) in [7, 11) is 0. The topological polar surface area (TPSA) is 83.4 Å². The molecular weight excluding hydrogens is 318 g/mol. The molecule has 1 N–H and O–H groups in total. The zero-order valence-electron chi connectivity index (χ0n) is 14.4. The molecule has 3 rings (SSSR count). The second kappa shape index (κ2) is 7.01. The van der Waals surface area contributed by atoms with E-state index in [1.807, 2.05) is 11.8 Å². The fourth-order valence-corrected chi connectivity index (χ4v) is 3.35. The number of hydrogen-bond acceptors (Lipinski definition) is 4. The lowest BCUT2D eigenvalue weighted by Crippen LogP contribution is -2.37. The zero-order valence-corrected chi connectivity index (χ0v) is 14.4. The highest BCUT2D eigenvalue weighted by molar-refractivity contribution is 5.95. The van der Waals surface area contributed by atoms with Gasteiger partial charge in [-0.15, -0.1) is 0 Å². The van der Waals surface area contributed by atoms with Crippen molar-refractivity contribution < 1.29 is 14.7 Å². The minimum atomic E-state index is -0.989. The molecule has 1 aliphatic heterocycles. The molecule has 0 saturated carbocycles. The summed E-state index contributed by atoms with van der Waals surface area (Å²) < 4.78 is 0. The Labute approximate surface area is 146 Å². The van der Waals surface area contributed by atoms with E-state index in [9.17, 15) is 14.7 Å². The average Bonchev–Trinajstić information content (AvgIpc) is 2.61. The van der Waals surface area contributed by atoms with Crippen molar-refractivity contribution in [2.24, 2.45) is 0 Å². The van der Waals surface area contributed by atoms with E-state index in [-0.39, 0.29) is 17.5 Å². The molecule has 130 valence electrons. The van der Waals surface area contributed by atoms with Crippen molar-refractivity contribution in [3.05, 3.63) is 47.4 Å². The van der Waals surface area contributed by atoms with Crippen LogP contribution in [0.1, 0.15) is 54.1 Å². The number of rotatable bonds is 3. The van der Waals surface area contributed by atoms with Gasteiger partial charge in [0.05, 0.1) is 17.3 Å². The van der Waals surface area contributed by atoms with Crippen molar-refractivity contribution >= 4 is 11.9 Å². The lowest BCUT2D eigenvalue weighted by atomic mass is 10.00. The number of carbonyl (C=O) groups is 2. The van der Waals surface area contributed by atoms with Gasteiger partial charge in [0.15, 0.2) is 5.82 Å². The highest BCUT2D eigenvalue weighted by Gasteiger charge is 2.28. The lowest BCUT2D eigenvalue weighted by molar-refractivity contribution is -0.132. The monoisotopic (exact) mass is 339 g/mol. The van der Waals surface area contributed by atoms with Crippen LogP contribution in [-0.4, -0.2) is 38.4 Å². The fourth-order valence-electron chi connectivity index (χ4n) is 3.35. The number of carboxylic acids is 1. The van der Waals surface area contributed by atoms with E-state index in [1.54, 1.807) is 37.3 Å². The predicted octanol–water partition coefficient (Wildman–Crippen LogP) is 3.22. The second-order valence-electron chi connectivity index (χ2n) is 6.33. The SMILES string of the molecule is CC(=O)N1CCCCC1c1nc(C)cc(-c2ccccc2C(=O)O)n1. The third-order valence-corrected chi connectivity index (χ3v) is 4.51. The molecule has 2 aromatic rings. The van der Waals surface area contributed by atoms with Crippen molar-refractivity contribution in [1.82, 2.24) is 14.9 Å². The third kappa shape index (κ3) is 3.52. The van der Waals surface area contributed by atoms with Crippen LogP contribution < -0.4 is 0 Å². The molecule has 0 spiro atoms. The number of amides is 1. The van der Waals surface area contributed by atoms with Crippen molar-refractivity contribution in [3.63, 3.8) is 0 Å². The Balaban J connectivity index is 2.07. The number of benzene rings is 1. The summed E-state index contributed by atoms with van der Waals surface area (Å²) in [6.45, 7) is 4.13. The van der Waals surface area contributed by atoms with Gasteiger partial charge in [0, 0.05) is 24.7 Å². The number of likely N-dealkylation sites (tertiary alicyclic amines) is 1. The van der Waals surface area contributed by atoms with E-state index >= 15 is 0 Å². The molecule has 1 amide bonds. The summed E-state index contributed by atoms with van der Waals surface area (Å²) in [4.78, 5) is 34.5. The molecule has 0 radical (unpaired) electrons. The van der Waals surface area contributed by atoms with Crippen molar-refractivity contribution in [3.8, 4) is 11.3 Å². The fraction of sp³-hybridized carbons (Fsp3) is 0.368. The second-order valence-corrected chi connectivity index (χ2v) is 6.33. The minimum absolute atomic E-state index is 0.0160. The molecule has 2 heterocycles. The number of carbonyl (C=O) groups excluding carboxylic acids is 1. The summed E-state index contributed by atoms with van der Waals surface area (Å²) in [5.41, 5.74) is 2.11. The molecular formula is C19H21N3O3. The molecule has 1 atom stereocenters. The lowest BCUT2D eigenvalue weighted by Gasteiger charge is -2.34. The van der Waals surface area contributed by atoms with E-state index in [0.717, 1.165) is 25.0 Å². The molecule has 1 aromatic heterocycles. The molecule has 1 saturated heterocycles. The Kier molecular flexibility index (Phi) is 4.79. The average molecular weight is 339 g/mol. The molecule has 6 heteroatoms. The molecule has 6 nitrogen and oxygen atoms in total. The Morgan fingerprint density at radius 2 is 1.96 bits per heavy atom. The summed E-state index contributed by atoms with van der Waals surface area (Å²) in [5.74, 6) is -0.385. The molecule has 1 fully saturated rings. The summed E-state index contributed by atoms with van der Waals surface area (Å²) in [6, 6.07) is 8.44. The van der Waals surface area contributed by atoms with Gasteiger partial charge in [-0.3, -0.25) is 4.79 Å².